The number of carbonyl (C=O) groups is 1. The molecule has 5 heteroatoms. The van der Waals surface area contributed by atoms with E-state index in [1.54, 1.807) is 0 Å². The van der Waals surface area contributed by atoms with E-state index in [4.69, 9.17) is 4.42 Å². The number of aromatic nitrogens is 3. The van der Waals surface area contributed by atoms with Gasteiger partial charge in [-0.25, -0.2) is 0 Å². The Hall–Kier alpha value is -3.21. The Labute approximate surface area is 132 Å². The Morgan fingerprint density at radius 3 is 2.61 bits per heavy atom. The van der Waals surface area contributed by atoms with Crippen molar-refractivity contribution in [3.05, 3.63) is 72.6 Å². The van der Waals surface area contributed by atoms with Crippen molar-refractivity contribution in [3.8, 4) is 11.6 Å². The van der Waals surface area contributed by atoms with E-state index < -0.39 is 0 Å². The molecule has 0 bridgehead atoms. The van der Waals surface area contributed by atoms with E-state index in [2.05, 4.69) is 10.2 Å². The fourth-order valence-electron chi connectivity index (χ4n) is 2.70. The summed E-state index contributed by atoms with van der Waals surface area (Å²) in [7, 11) is 0. The van der Waals surface area contributed by atoms with Gasteiger partial charge in [0.15, 0.2) is 5.78 Å². The van der Waals surface area contributed by atoms with Gasteiger partial charge in [0.05, 0.1) is 6.54 Å². The van der Waals surface area contributed by atoms with Crippen molar-refractivity contribution < 1.29 is 9.21 Å². The SMILES string of the molecule is O=C(Cn1c(-c2nnco2)cc2ccccc21)c1ccccc1. The number of ketones is 1. The molecule has 2 aromatic carbocycles. The van der Waals surface area contributed by atoms with Gasteiger partial charge in [-0.3, -0.25) is 4.79 Å². The third-order valence-electron chi connectivity index (χ3n) is 3.79. The Balaban J connectivity index is 1.82. The molecule has 0 aliphatic carbocycles. The molecule has 112 valence electrons. The van der Waals surface area contributed by atoms with Crippen LogP contribution in [-0.4, -0.2) is 20.5 Å². The molecule has 0 aliphatic rings. The molecule has 4 aromatic rings. The second-order valence-electron chi connectivity index (χ2n) is 5.21. The zero-order valence-electron chi connectivity index (χ0n) is 12.2. The Bertz CT molecular complexity index is 957. The van der Waals surface area contributed by atoms with Crippen molar-refractivity contribution in [3.63, 3.8) is 0 Å². The summed E-state index contributed by atoms with van der Waals surface area (Å²) in [6.45, 7) is 0.217. The summed E-state index contributed by atoms with van der Waals surface area (Å²) in [5.41, 5.74) is 2.39. The molecule has 0 saturated carbocycles. The Morgan fingerprint density at radius 2 is 1.83 bits per heavy atom. The number of nitrogens with zero attached hydrogens (tertiary/aromatic N) is 3. The van der Waals surface area contributed by atoms with Crippen molar-refractivity contribution in [2.45, 2.75) is 6.54 Å². The van der Waals surface area contributed by atoms with Gasteiger partial charge in [0, 0.05) is 16.5 Å². The Morgan fingerprint density at radius 1 is 1.04 bits per heavy atom. The van der Waals surface area contributed by atoms with Gasteiger partial charge in [0.25, 0.3) is 5.89 Å². The standard InChI is InChI=1S/C18H13N3O2/c22-17(13-6-2-1-3-7-13)11-21-15-9-5-4-8-14(15)10-16(21)18-20-19-12-23-18/h1-10,12H,11H2. The number of Topliss-reactive ketones (excluding diaryl/α,β-unsaturated/α-hetero) is 1. The summed E-state index contributed by atoms with van der Waals surface area (Å²) in [6.07, 6.45) is 1.29. The molecule has 23 heavy (non-hydrogen) atoms. The average molecular weight is 303 g/mol. The van der Waals surface area contributed by atoms with Gasteiger partial charge in [0.1, 0.15) is 5.69 Å². The zero-order valence-corrected chi connectivity index (χ0v) is 12.2. The van der Waals surface area contributed by atoms with E-state index in [1.165, 1.54) is 6.39 Å². The molecule has 0 radical (unpaired) electrons. The number of hydrogen-bond acceptors (Lipinski definition) is 4. The van der Waals surface area contributed by atoms with Gasteiger partial charge in [-0.1, -0.05) is 48.5 Å². The molecule has 2 aromatic heterocycles. The summed E-state index contributed by atoms with van der Waals surface area (Å²) < 4.78 is 7.24. The highest BCUT2D eigenvalue weighted by atomic mass is 16.4. The highest BCUT2D eigenvalue weighted by Crippen LogP contribution is 2.27. The van der Waals surface area contributed by atoms with Gasteiger partial charge < -0.3 is 8.98 Å². The predicted octanol–water partition coefficient (Wildman–Crippen LogP) is 3.57. The lowest BCUT2D eigenvalue weighted by Gasteiger charge is -2.08. The Kier molecular flexibility index (Phi) is 3.24. The lowest BCUT2D eigenvalue weighted by Crippen LogP contribution is -2.11. The van der Waals surface area contributed by atoms with Crippen LogP contribution in [-0.2, 0) is 6.54 Å². The lowest BCUT2D eigenvalue weighted by atomic mass is 10.1. The molecule has 0 N–H and O–H groups in total. The number of fused-ring (bicyclic) bond motifs is 1. The molecular weight excluding hydrogens is 290 g/mol. The van der Waals surface area contributed by atoms with Crippen LogP contribution in [0.15, 0.2) is 71.5 Å². The first kappa shape index (κ1) is 13.5. The monoisotopic (exact) mass is 303 g/mol. The highest BCUT2D eigenvalue weighted by molar-refractivity contribution is 5.97. The van der Waals surface area contributed by atoms with Crippen LogP contribution in [0.3, 0.4) is 0 Å². The van der Waals surface area contributed by atoms with Gasteiger partial charge in [0.2, 0.25) is 6.39 Å². The van der Waals surface area contributed by atoms with Crippen molar-refractivity contribution in [2.24, 2.45) is 0 Å². The number of rotatable bonds is 4. The number of para-hydroxylation sites is 1. The molecule has 0 amide bonds. The molecular formula is C18H13N3O2. The van der Waals surface area contributed by atoms with Crippen LogP contribution in [0, 0.1) is 0 Å². The first-order chi connectivity index (χ1) is 11.3. The van der Waals surface area contributed by atoms with Gasteiger partial charge in [-0.15, -0.1) is 10.2 Å². The first-order valence-electron chi connectivity index (χ1n) is 7.26. The lowest BCUT2D eigenvalue weighted by molar-refractivity contribution is 0.0974. The smallest absolute Gasteiger partial charge is 0.264 e. The van der Waals surface area contributed by atoms with Crippen LogP contribution in [0.5, 0.6) is 0 Å². The minimum Gasteiger partial charge on any atom is -0.422 e. The first-order valence-corrected chi connectivity index (χ1v) is 7.26. The third kappa shape index (κ3) is 2.42. The topological polar surface area (TPSA) is 60.9 Å². The molecule has 4 rings (SSSR count). The highest BCUT2D eigenvalue weighted by Gasteiger charge is 2.17. The minimum atomic E-state index is 0.0349. The van der Waals surface area contributed by atoms with Crippen molar-refractivity contribution >= 4 is 16.7 Å². The van der Waals surface area contributed by atoms with Crippen molar-refractivity contribution in [1.29, 1.82) is 0 Å². The van der Waals surface area contributed by atoms with E-state index in [-0.39, 0.29) is 12.3 Å². The summed E-state index contributed by atoms with van der Waals surface area (Å²) in [5, 5.41) is 8.74. The molecule has 2 heterocycles. The number of carbonyl (C=O) groups excluding carboxylic acids is 1. The van der Waals surface area contributed by atoms with Crippen molar-refractivity contribution in [1.82, 2.24) is 14.8 Å². The van der Waals surface area contributed by atoms with Crippen LogP contribution < -0.4 is 0 Å². The third-order valence-corrected chi connectivity index (χ3v) is 3.79. The summed E-state index contributed by atoms with van der Waals surface area (Å²) in [5.74, 6) is 0.440. The van der Waals surface area contributed by atoms with E-state index in [9.17, 15) is 4.79 Å². The van der Waals surface area contributed by atoms with E-state index in [1.807, 2.05) is 65.2 Å². The maximum atomic E-state index is 12.6. The van der Waals surface area contributed by atoms with Crippen LogP contribution in [0.2, 0.25) is 0 Å². The number of benzene rings is 2. The van der Waals surface area contributed by atoms with Gasteiger partial charge in [-0.2, -0.15) is 0 Å². The molecule has 0 aliphatic heterocycles. The maximum Gasteiger partial charge on any atom is 0.264 e. The summed E-state index contributed by atoms with van der Waals surface area (Å²) in [4.78, 5) is 12.6. The molecule has 0 fully saturated rings. The quantitative estimate of drug-likeness (QED) is 0.541. The summed E-state index contributed by atoms with van der Waals surface area (Å²) >= 11 is 0. The van der Waals surface area contributed by atoms with Crippen LogP contribution in [0.1, 0.15) is 10.4 Å². The largest absolute Gasteiger partial charge is 0.422 e. The fraction of sp³-hybridized carbons (Fsp3) is 0.0556. The molecule has 0 spiro atoms. The predicted molar refractivity (Wildman–Crippen MR) is 86.0 cm³/mol. The zero-order chi connectivity index (χ0) is 15.6. The van der Waals surface area contributed by atoms with E-state index in [0.717, 1.165) is 16.6 Å². The average Bonchev–Trinajstić information content (AvgIpc) is 3.24. The molecule has 0 unspecified atom stereocenters. The van der Waals surface area contributed by atoms with Crippen LogP contribution >= 0.6 is 0 Å². The van der Waals surface area contributed by atoms with Gasteiger partial charge in [-0.05, 0) is 12.1 Å². The van der Waals surface area contributed by atoms with Gasteiger partial charge >= 0.3 is 0 Å². The molecule has 0 atom stereocenters. The minimum absolute atomic E-state index is 0.0349. The maximum absolute atomic E-state index is 12.6. The van der Waals surface area contributed by atoms with Crippen molar-refractivity contribution in [2.75, 3.05) is 0 Å². The second kappa shape index (κ2) is 5.53. The molecule has 5 nitrogen and oxygen atoms in total. The van der Waals surface area contributed by atoms with E-state index >= 15 is 0 Å². The second-order valence-corrected chi connectivity index (χ2v) is 5.21. The normalized spacial score (nSPS) is 11.0. The van der Waals surface area contributed by atoms with E-state index in [0.29, 0.717) is 11.5 Å². The van der Waals surface area contributed by atoms with Crippen LogP contribution in [0.25, 0.3) is 22.5 Å². The fourth-order valence-corrected chi connectivity index (χ4v) is 2.70. The van der Waals surface area contributed by atoms with Crippen LogP contribution in [0.4, 0.5) is 0 Å². The summed E-state index contributed by atoms with van der Waals surface area (Å²) in [6, 6.07) is 19.1. The number of hydrogen-bond donors (Lipinski definition) is 0. The molecule has 0 saturated heterocycles.